The molecule has 1 N–H and O–H groups in total. The third-order valence-electron chi connectivity index (χ3n) is 3.16. The highest BCUT2D eigenvalue weighted by atomic mass is 32.2. The van der Waals surface area contributed by atoms with E-state index in [-0.39, 0.29) is 5.41 Å². The number of thioether (sulfide) groups is 1. The molecule has 2 nitrogen and oxygen atoms in total. The highest BCUT2D eigenvalue weighted by Crippen LogP contribution is 2.42. The first kappa shape index (κ1) is 12.3. The highest BCUT2D eigenvalue weighted by Gasteiger charge is 2.45. The fourth-order valence-corrected chi connectivity index (χ4v) is 3.23. The van der Waals surface area contributed by atoms with Gasteiger partial charge in [-0.25, -0.2) is 0 Å². The minimum Gasteiger partial charge on any atom is -0.386 e. The summed E-state index contributed by atoms with van der Waals surface area (Å²) in [6, 6.07) is 0. The third-order valence-corrected chi connectivity index (χ3v) is 4.34. The van der Waals surface area contributed by atoms with Gasteiger partial charge in [0.2, 0.25) is 0 Å². The molecule has 1 fully saturated rings. The van der Waals surface area contributed by atoms with Crippen LogP contribution >= 0.6 is 11.8 Å². The van der Waals surface area contributed by atoms with Crippen molar-refractivity contribution in [2.75, 3.05) is 24.7 Å². The van der Waals surface area contributed by atoms with E-state index in [2.05, 4.69) is 20.8 Å². The molecule has 0 radical (unpaired) electrons. The number of aliphatic hydroxyl groups is 1. The lowest BCUT2D eigenvalue weighted by atomic mass is 9.74. The van der Waals surface area contributed by atoms with Gasteiger partial charge in [0.1, 0.15) is 5.60 Å². The van der Waals surface area contributed by atoms with Gasteiger partial charge in [0.15, 0.2) is 0 Å². The topological polar surface area (TPSA) is 29.5 Å². The second kappa shape index (κ2) is 4.86. The summed E-state index contributed by atoms with van der Waals surface area (Å²) in [7, 11) is 0. The van der Waals surface area contributed by atoms with E-state index in [1.165, 1.54) is 0 Å². The first-order chi connectivity index (χ1) is 6.52. The van der Waals surface area contributed by atoms with Crippen molar-refractivity contribution in [2.24, 2.45) is 5.41 Å². The maximum Gasteiger partial charge on any atom is 0.102 e. The summed E-state index contributed by atoms with van der Waals surface area (Å²) < 4.78 is 5.50. The quantitative estimate of drug-likeness (QED) is 0.734. The number of hydrogen-bond acceptors (Lipinski definition) is 3. The molecule has 1 saturated heterocycles. The van der Waals surface area contributed by atoms with E-state index in [9.17, 15) is 5.11 Å². The summed E-state index contributed by atoms with van der Waals surface area (Å²) in [5, 5.41) is 10.5. The summed E-state index contributed by atoms with van der Waals surface area (Å²) in [6.07, 6.45) is 2.09. The second-order valence-corrected chi connectivity index (χ2v) is 5.88. The van der Waals surface area contributed by atoms with Crippen LogP contribution in [0.3, 0.4) is 0 Å². The van der Waals surface area contributed by atoms with Crippen molar-refractivity contribution in [2.45, 2.75) is 39.2 Å². The molecule has 3 heteroatoms. The number of rotatable bonds is 4. The zero-order valence-corrected chi connectivity index (χ0v) is 10.3. The Labute approximate surface area is 91.4 Å². The molecule has 1 heterocycles. The molecule has 1 aliphatic rings. The molecule has 1 atom stereocenters. The van der Waals surface area contributed by atoms with Gasteiger partial charge in [-0.15, -0.1) is 0 Å². The van der Waals surface area contributed by atoms with Crippen molar-refractivity contribution in [3.05, 3.63) is 0 Å². The third kappa shape index (κ3) is 2.65. The minimum absolute atomic E-state index is 0.00795. The second-order valence-electron chi connectivity index (χ2n) is 4.77. The van der Waals surface area contributed by atoms with Crippen molar-refractivity contribution in [3.63, 3.8) is 0 Å². The van der Waals surface area contributed by atoms with E-state index < -0.39 is 5.60 Å². The van der Waals surface area contributed by atoms with Gasteiger partial charge in [0.25, 0.3) is 0 Å². The van der Waals surface area contributed by atoms with E-state index in [0.29, 0.717) is 6.61 Å². The molecular weight excluding hydrogens is 196 g/mol. The van der Waals surface area contributed by atoms with Gasteiger partial charge in [-0.1, -0.05) is 20.8 Å². The molecule has 1 unspecified atom stereocenters. The molecule has 0 aromatic carbocycles. The van der Waals surface area contributed by atoms with E-state index in [4.69, 9.17) is 4.74 Å². The summed E-state index contributed by atoms with van der Waals surface area (Å²) in [6.45, 7) is 7.61. The van der Waals surface area contributed by atoms with Crippen LogP contribution in [0.1, 0.15) is 33.6 Å². The molecule has 84 valence electrons. The first-order valence-corrected chi connectivity index (χ1v) is 6.55. The molecule has 0 bridgehead atoms. The summed E-state index contributed by atoms with van der Waals surface area (Å²) in [5.41, 5.74) is -0.642. The first-order valence-electron chi connectivity index (χ1n) is 5.40. The van der Waals surface area contributed by atoms with Crippen LogP contribution < -0.4 is 0 Å². The van der Waals surface area contributed by atoms with Gasteiger partial charge in [0.05, 0.1) is 6.61 Å². The predicted octanol–water partition coefficient (Wildman–Crippen LogP) is 2.31. The largest absolute Gasteiger partial charge is 0.386 e. The van der Waals surface area contributed by atoms with Crippen molar-refractivity contribution < 1.29 is 9.84 Å². The molecular formula is C11H22O2S. The number of hydrogen-bond donors (Lipinski definition) is 1. The van der Waals surface area contributed by atoms with Crippen LogP contribution in [0.2, 0.25) is 0 Å². The molecule has 0 amide bonds. The summed E-state index contributed by atoms with van der Waals surface area (Å²) in [5.74, 6) is 1.97. The fourth-order valence-electron chi connectivity index (χ4n) is 1.62. The maximum absolute atomic E-state index is 10.5. The highest BCUT2D eigenvalue weighted by molar-refractivity contribution is 7.99. The minimum atomic E-state index is -0.634. The van der Waals surface area contributed by atoms with Crippen molar-refractivity contribution in [1.29, 1.82) is 0 Å². The fraction of sp³-hybridized carbons (Fsp3) is 1.00. The molecule has 0 aliphatic carbocycles. The van der Waals surface area contributed by atoms with E-state index in [0.717, 1.165) is 31.0 Å². The predicted molar refractivity (Wildman–Crippen MR) is 61.8 cm³/mol. The number of ether oxygens (including phenoxy) is 1. The van der Waals surface area contributed by atoms with Gasteiger partial charge < -0.3 is 9.84 Å². The van der Waals surface area contributed by atoms with E-state index >= 15 is 0 Å². The van der Waals surface area contributed by atoms with Gasteiger partial charge in [-0.3, -0.25) is 0 Å². The summed E-state index contributed by atoms with van der Waals surface area (Å²) >= 11 is 1.83. The Balaban J connectivity index is 2.51. The molecule has 14 heavy (non-hydrogen) atoms. The lowest BCUT2D eigenvalue weighted by Crippen LogP contribution is -2.53. The van der Waals surface area contributed by atoms with Crippen LogP contribution in [0.5, 0.6) is 0 Å². The zero-order valence-electron chi connectivity index (χ0n) is 9.51. The smallest absolute Gasteiger partial charge is 0.102 e. The van der Waals surface area contributed by atoms with Crippen molar-refractivity contribution in [3.8, 4) is 0 Å². The Morgan fingerprint density at radius 3 is 2.71 bits per heavy atom. The van der Waals surface area contributed by atoms with Gasteiger partial charge in [-0.05, 0) is 24.0 Å². The van der Waals surface area contributed by atoms with Crippen LogP contribution in [0.15, 0.2) is 0 Å². The zero-order chi connectivity index (χ0) is 10.7. The normalized spacial score (nSPS) is 31.7. The van der Waals surface area contributed by atoms with Gasteiger partial charge in [0, 0.05) is 12.4 Å². The average Bonchev–Trinajstić information content (AvgIpc) is 2.11. The average molecular weight is 218 g/mol. The molecule has 1 aliphatic heterocycles. The lowest BCUT2D eigenvalue weighted by Gasteiger charge is -2.45. The monoisotopic (exact) mass is 218 g/mol. The molecule has 1 rings (SSSR count). The Kier molecular flexibility index (Phi) is 4.29. The maximum atomic E-state index is 10.5. The Hall–Kier alpha value is 0.270. The van der Waals surface area contributed by atoms with Gasteiger partial charge in [-0.2, -0.15) is 11.8 Å². The molecule has 0 aromatic heterocycles. The van der Waals surface area contributed by atoms with Crippen LogP contribution in [0, 0.1) is 5.41 Å². The van der Waals surface area contributed by atoms with Gasteiger partial charge >= 0.3 is 0 Å². The standard InChI is InChI=1S/C11H22O2S/c1-4-6-13-8-11(12)9-14-7-5-10(11,2)3/h12H,4-9H2,1-3H3. The molecule has 0 aromatic rings. The van der Waals surface area contributed by atoms with Crippen LogP contribution in [0.4, 0.5) is 0 Å². The van der Waals surface area contributed by atoms with Crippen LogP contribution in [-0.2, 0) is 4.74 Å². The van der Waals surface area contributed by atoms with Crippen molar-refractivity contribution >= 4 is 11.8 Å². The molecule has 0 saturated carbocycles. The SMILES string of the molecule is CCCOCC1(O)CSCCC1(C)C. The van der Waals surface area contributed by atoms with Crippen LogP contribution in [-0.4, -0.2) is 35.4 Å². The molecule has 0 spiro atoms. The Morgan fingerprint density at radius 1 is 1.43 bits per heavy atom. The summed E-state index contributed by atoms with van der Waals surface area (Å²) in [4.78, 5) is 0. The van der Waals surface area contributed by atoms with Crippen LogP contribution in [0.25, 0.3) is 0 Å². The van der Waals surface area contributed by atoms with Crippen molar-refractivity contribution in [1.82, 2.24) is 0 Å². The van der Waals surface area contributed by atoms with E-state index in [1.807, 2.05) is 11.8 Å². The Morgan fingerprint density at radius 2 is 2.14 bits per heavy atom. The lowest BCUT2D eigenvalue weighted by molar-refractivity contribution is -0.107. The Bertz CT molecular complexity index is 182. The van der Waals surface area contributed by atoms with E-state index in [1.54, 1.807) is 0 Å².